The van der Waals surface area contributed by atoms with Gasteiger partial charge in [-0.2, -0.15) is 0 Å². The Kier molecular flexibility index (Phi) is 3.30. The highest BCUT2D eigenvalue weighted by Gasteiger charge is 2.14. The monoisotopic (exact) mass is 153 g/mol. The number of allylic oxidation sites excluding steroid dienone is 1. The molecule has 0 aromatic heterocycles. The van der Waals surface area contributed by atoms with Crippen molar-refractivity contribution in [2.24, 2.45) is 5.92 Å². The zero-order valence-corrected chi connectivity index (χ0v) is 6.81. The Bertz CT molecular complexity index is 148. The van der Waals surface area contributed by atoms with E-state index in [1.165, 1.54) is 18.9 Å². The van der Waals surface area contributed by atoms with Crippen LogP contribution in [0, 0.1) is 5.92 Å². The van der Waals surface area contributed by atoms with Crippen molar-refractivity contribution in [3.8, 4) is 0 Å². The molecular formula is C9H15NO. The summed E-state index contributed by atoms with van der Waals surface area (Å²) in [5.74, 6) is 0.730. The predicted octanol–water partition coefficient (Wildman–Crippen LogP) is 1.13. The van der Waals surface area contributed by atoms with Gasteiger partial charge in [0, 0.05) is 6.42 Å². The number of carbonyl (C=O) groups excluding carboxylic acids is 1. The van der Waals surface area contributed by atoms with E-state index in [0.717, 1.165) is 13.1 Å². The summed E-state index contributed by atoms with van der Waals surface area (Å²) in [6.07, 6.45) is 4.49. The van der Waals surface area contributed by atoms with E-state index in [2.05, 4.69) is 11.9 Å². The van der Waals surface area contributed by atoms with E-state index in [-0.39, 0.29) is 5.78 Å². The number of carbonyl (C=O) groups is 1. The molecule has 0 aliphatic carbocycles. The molecule has 1 heterocycles. The third kappa shape index (κ3) is 2.85. The SMILES string of the molecule is C=CC(=O)CC1CCCNC1. The van der Waals surface area contributed by atoms with Crippen LogP contribution < -0.4 is 5.32 Å². The van der Waals surface area contributed by atoms with Crippen LogP contribution >= 0.6 is 0 Å². The molecule has 0 radical (unpaired) electrons. The Hall–Kier alpha value is -0.630. The van der Waals surface area contributed by atoms with Gasteiger partial charge in [-0.15, -0.1) is 0 Å². The van der Waals surface area contributed by atoms with Crippen molar-refractivity contribution in [3.05, 3.63) is 12.7 Å². The minimum absolute atomic E-state index is 0.179. The van der Waals surface area contributed by atoms with Gasteiger partial charge in [0.25, 0.3) is 0 Å². The number of rotatable bonds is 3. The summed E-state index contributed by atoms with van der Waals surface area (Å²) in [6.45, 7) is 5.57. The molecule has 1 rings (SSSR count). The molecule has 1 aliphatic heterocycles. The third-order valence-electron chi connectivity index (χ3n) is 2.12. The van der Waals surface area contributed by atoms with E-state index in [1.54, 1.807) is 0 Å². The topological polar surface area (TPSA) is 29.1 Å². The van der Waals surface area contributed by atoms with Gasteiger partial charge in [-0.1, -0.05) is 6.58 Å². The number of nitrogens with one attached hydrogen (secondary N) is 1. The standard InChI is InChI=1S/C9H15NO/c1-2-9(11)6-8-4-3-5-10-7-8/h2,8,10H,1,3-7H2. The highest BCUT2D eigenvalue weighted by Crippen LogP contribution is 2.13. The van der Waals surface area contributed by atoms with Crippen LogP contribution in [0.5, 0.6) is 0 Å². The van der Waals surface area contributed by atoms with Crippen molar-refractivity contribution >= 4 is 5.78 Å². The normalized spacial score (nSPS) is 24.5. The molecule has 0 aromatic rings. The maximum absolute atomic E-state index is 10.9. The first kappa shape index (κ1) is 8.47. The molecule has 0 aromatic carbocycles. The molecule has 1 saturated heterocycles. The number of ketones is 1. The van der Waals surface area contributed by atoms with Crippen molar-refractivity contribution in [2.75, 3.05) is 13.1 Å². The van der Waals surface area contributed by atoms with Gasteiger partial charge in [0.1, 0.15) is 0 Å². The van der Waals surface area contributed by atoms with E-state index in [9.17, 15) is 4.79 Å². The molecule has 0 bridgehead atoms. The quantitative estimate of drug-likeness (QED) is 0.616. The highest BCUT2D eigenvalue weighted by atomic mass is 16.1. The fourth-order valence-electron chi connectivity index (χ4n) is 1.47. The molecule has 0 saturated carbocycles. The van der Waals surface area contributed by atoms with Gasteiger partial charge in [0.15, 0.2) is 5.78 Å². The first-order valence-corrected chi connectivity index (χ1v) is 4.19. The van der Waals surface area contributed by atoms with Crippen LogP contribution in [0.2, 0.25) is 0 Å². The van der Waals surface area contributed by atoms with Crippen molar-refractivity contribution in [2.45, 2.75) is 19.3 Å². The summed E-state index contributed by atoms with van der Waals surface area (Å²) in [5.41, 5.74) is 0. The molecule has 11 heavy (non-hydrogen) atoms. The van der Waals surface area contributed by atoms with E-state index >= 15 is 0 Å². The molecule has 1 atom stereocenters. The van der Waals surface area contributed by atoms with E-state index in [0.29, 0.717) is 12.3 Å². The molecule has 2 nitrogen and oxygen atoms in total. The Morgan fingerprint density at radius 2 is 2.55 bits per heavy atom. The molecular weight excluding hydrogens is 138 g/mol. The third-order valence-corrected chi connectivity index (χ3v) is 2.12. The fraction of sp³-hybridized carbons (Fsp3) is 0.667. The van der Waals surface area contributed by atoms with Crippen molar-refractivity contribution in [1.82, 2.24) is 5.32 Å². The summed E-state index contributed by atoms with van der Waals surface area (Å²) in [5, 5.41) is 3.28. The van der Waals surface area contributed by atoms with Gasteiger partial charge in [0.2, 0.25) is 0 Å². The van der Waals surface area contributed by atoms with Gasteiger partial charge in [0.05, 0.1) is 0 Å². The van der Waals surface area contributed by atoms with E-state index in [1.807, 2.05) is 0 Å². The lowest BCUT2D eigenvalue weighted by Gasteiger charge is -2.21. The highest BCUT2D eigenvalue weighted by molar-refractivity contribution is 5.89. The Morgan fingerprint density at radius 1 is 1.73 bits per heavy atom. The van der Waals surface area contributed by atoms with Crippen LogP contribution in [0.1, 0.15) is 19.3 Å². The second-order valence-corrected chi connectivity index (χ2v) is 3.09. The average Bonchev–Trinajstić information content (AvgIpc) is 2.06. The molecule has 2 heteroatoms. The van der Waals surface area contributed by atoms with Crippen molar-refractivity contribution < 1.29 is 4.79 Å². The van der Waals surface area contributed by atoms with Crippen LogP contribution in [0.3, 0.4) is 0 Å². The molecule has 62 valence electrons. The minimum Gasteiger partial charge on any atom is -0.316 e. The summed E-state index contributed by atoms with van der Waals surface area (Å²) in [7, 11) is 0. The van der Waals surface area contributed by atoms with E-state index < -0.39 is 0 Å². The minimum atomic E-state index is 0.179. The van der Waals surface area contributed by atoms with Crippen molar-refractivity contribution in [3.63, 3.8) is 0 Å². The summed E-state index contributed by atoms with van der Waals surface area (Å²) < 4.78 is 0. The zero-order chi connectivity index (χ0) is 8.10. The second kappa shape index (κ2) is 4.29. The number of piperidine rings is 1. The maximum Gasteiger partial charge on any atom is 0.155 e. The zero-order valence-electron chi connectivity index (χ0n) is 6.81. The van der Waals surface area contributed by atoms with Gasteiger partial charge in [-0.3, -0.25) is 4.79 Å². The smallest absolute Gasteiger partial charge is 0.155 e. The Labute approximate surface area is 67.7 Å². The lowest BCUT2D eigenvalue weighted by molar-refractivity contribution is -0.115. The lowest BCUT2D eigenvalue weighted by Crippen LogP contribution is -2.30. The van der Waals surface area contributed by atoms with Gasteiger partial charge < -0.3 is 5.32 Å². The lowest BCUT2D eigenvalue weighted by atomic mass is 9.94. The molecule has 0 amide bonds. The number of hydrogen-bond acceptors (Lipinski definition) is 2. The summed E-state index contributed by atoms with van der Waals surface area (Å²) in [6, 6.07) is 0. The summed E-state index contributed by atoms with van der Waals surface area (Å²) >= 11 is 0. The van der Waals surface area contributed by atoms with Crippen LogP contribution in [-0.4, -0.2) is 18.9 Å². The van der Waals surface area contributed by atoms with Crippen LogP contribution in [-0.2, 0) is 4.79 Å². The maximum atomic E-state index is 10.9. The van der Waals surface area contributed by atoms with Crippen LogP contribution in [0.4, 0.5) is 0 Å². The first-order valence-electron chi connectivity index (χ1n) is 4.19. The Morgan fingerprint density at radius 3 is 3.09 bits per heavy atom. The molecule has 0 spiro atoms. The van der Waals surface area contributed by atoms with Crippen molar-refractivity contribution in [1.29, 1.82) is 0 Å². The fourth-order valence-corrected chi connectivity index (χ4v) is 1.47. The van der Waals surface area contributed by atoms with Crippen LogP contribution in [0.15, 0.2) is 12.7 Å². The van der Waals surface area contributed by atoms with Crippen LogP contribution in [0.25, 0.3) is 0 Å². The molecule has 1 fully saturated rings. The first-order chi connectivity index (χ1) is 5.33. The molecule has 1 aliphatic rings. The van der Waals surface area contributed by atoms with Gasteiger partial charge >= 0.3 is 0 Å². The summed E-state index contributed by atoms with van der Waals surface area (Å²) in [4.78, 5) is 10.9. The molecule has 1 N–H and O–H groups in total. The van der Waals surface area contributed by atoms with Gasteiger partial charge in [-0.05, 0) is 37.9 Å². The number of hydrogen-bond donors (Lipinski definition) is 1. The van der Waals surface area contributed by atoms with Gasteiger partial charge in [-0.25, -0.2) is 0 Å². The molecule has 1 unspecified atom stereocenters. The average molecular weight is 153 g/mol. The second-order valence-electron chi connectivity index (χ2n) is 3.09. The largest absolute Gasteiger partial charge is 0.316 e. The predicted molar refractivity (Wildman–Crippen MR) is 45.4 cm³/mol. The van der Waals surface area contributed by atoms with E-state index in [4.69, 9.17) is 0 Å². The Balaban J connectivity index is 2.24.